The van der Waals surface area contributed by atoms with E-state index in [1.807, 2.05) is 0 Å². The number of rotatable bonds is 5. The SMILES string of the molecule is CCOC(=O)c1c(C)nc2sc(C(=O)Nc3ccc(Cl)cc3)c(N)c2c1-c1ccc(Cl)cc1. The number of anilines is 2. The first-order valence-electron chi connectivity index (χ1n) is 10.0. The molecule has 0 radical (unpaired) electrons. The van der Waals surface area contributed by atoms with Crippen molar-refractivity contribution in [2.75, 3.05) is 17.7 Å². The van der Waals surface area contributed by atoms with Gasteiger partial charge in [0.05, 0.1) is 23.6 Å². The van der Waals surface area contributed by atoms with Crippen LogP contribution in [0.4, 0.5) is 11.4 Å². The van der Waals surface area contributed by atoms with Gasteiger partial charge in [0.15, 0.2) is 0 Å². The highest BCUT2D eigenvalue weighted by Gasteiger charge is 2.27. The van der Waals surface area contributed by atoms with Crippen molar-refractivity contribution in [3.05, 3.63) is 74.7 Å². The number of hydrogen-bond acceptors (Lipinski definition) is 6. The molecule has 3 N–H and O–H groups in total. The highest BCUT2D eigenvalue weighted by molar-refractivity contribution is 7.21. The first kappa shape index (κ1) is 23.0. The van der Waals surface area contributed by atoms with Crippen molar-refractivity contribution in [3.63, 3.8) is 0 Å². The molecule has 0 atom stereocenters. The maximum atomic E-state index is 13.0. The molecule has 0 aliphatic carbocycles. The van der Waals surface area contributed by atoms with E-state index >= 15 is 0 Å². The summed E-state index contributed by atoms with van der Waals surface area (Å²) in [6.07, 6.45) is 0. The molecule has 6 nitrogen and oxygen atoms in total. The third-order valence-corrected chi connectivity index (χ3v) is 6.58. The van der Waals surface area contributed by atoms with Gasteiger partial charge in [0.1, 0.15) is 9.71 Å². The zero-order valence-electron chi connectivity index (χ0n) is 17.7. The number of nitrogen functional groups attached to an aromatic ring is 1. The Bertz CT molecular complexity index is 1370. The smallest absolute Gasteiger partial charge is 0.340 e. The molecule has 0 unspecified atom stereocenters. The first-order chi connectivity index (χ1) is 15.8. The lowest BCUT2D eigenvalue weighted by Gasteiger charge is -2.14. The van der Waals surface area contributed by atoms with Gasteiger partial charge in [0.2, 0.25) is 0 Å². The lowest BCUT2D eigenvalue weighted by Crippen LogP contribution is -2.12. The summed E-state index contributed by atoms with van der Waals surface area (Å²) in [6.45, 7) is 3.68. The Balaban J connectivity index is 1.91. The van der Waals surface area contributed by atoms with E-state index < -0.39 is 5.97 Å². The molecule has 0 saturated carbocycles. The third-order valence-electron chi connectivity index (χ3n) is 4.98. The van der Waals surface area contributed by atoms with E-state index in [0.717, 1.165) is 11.3 Å². The molecular weight excluding hydrogens is 481 g/mol. The number of nitrogens with one attached hydrogen (secondary N) is 1. The van der Waals surface area contributed by atoms with Gasteiger partial charge in [0.25, 0.3) is 5.91 Å². The number of nitrogens with two attached hydrogens (primary N) is 1. The normalized spacial score (nSPS) is 10.9. The first-order valence-corrected chi connectivity index (χ1v) is 11.6. The summed E-state index contributed by atoms with van der Waals surface area (Å²) in [5.41, 5.74) is 9.37. The maximum Gasteiger partial charge on any atom is 0.340 e. The van der Waals surface area contributed by atoms with E-state index in [1.165, 1.54) is 0 Å². The number of amides is 1. The number of aryl methyl sites for hydroxylation is 1. The van der Waals surface area contributed by atoms with Crippen LogP contribution in [0.15, 0.2) is 48.5 Å². The number of thiophene rings is 1. The Morgan fingerprint density at radius 1 is 1.06 bits per heavy atom. The van der Waals surface area contributed by atoms with Crippen molar-refractivity contribution in [1.82, 2.24) is 4.98 Å². The van der Waals surface area contributed by atoms with Crippen LogP contribution in [-0.2, 0) is 4.74 Å². The van der Waals surface area contributed by atoms with Gasteiger partial charge in [0, 0.05) is 26.7 Å². The largest absolute Gasteiger partial charge is 0.462 e. The van der Waals surface area contributed by atoms with Crippen LogP contribution >= 0.6 is 34.5 Å². The van der Waals surface area contributed by atoms with Crippen LogP contribution < -0.4 is 11.1 Å². The Morgan fingerprint density at radius 3 is 2.27 bits per heavy atom. The molecule has 33 heavy (non-hydrogen) atoms. The van der Waals surface area contributed by atoms with E-state index in [1.54, 1.807) is 62.4 Å². The van der Waals surface area contributed by atoms with Gasteiger partial charge in [-0.05, 0) is 55.8 Å². The van der Waals surface area contributed by atoms with E-state index in [0.29, 0.717) is 53.2 Å². The highest BCUT2D eigenvalue weighted by Crippen LogP contribution is 2.42. The molecule has 1 amide bonds. The van der Waals surface area contributed by atoms with Crippen LogP contribution in [0.25, 0.3) is 21.3 Å². The zero-order chi connectivity index (χ0) is 23.7. The number of fused-ring (bicyclic) bond motifs is 1. The van der Waals surface area contributed by atoms with Gasteiger partial charge in [-0.1, -0.05) is 35.3 Å². The number of pyridine rings is 1. The van der Waals surface area contributed by atoms with Crippen molar-refractivity contribution < 1.29 is 14.3 Å². The number of benzene rings is 2. The standard InChI is InChI=1S/C24H19Cl2N3O3S/c1-3-32-24(31)17-12(2)28-23-19(18(17)13-4-6-14(25)7-5-13)20(27)21(33-23)22(30)29-16-10-8-15(26)9-11-16/h4-11H,3,27H2,1-2H3,(H,29,30). The molecule has 0 aliphatic rings. The number of carbonyl (C=O) groups excluding carboxylic acids is 2. The Morgan fingerprint density at radius 2 is 1.67 bits per heavy atom. The second kappa shape index (κ2) is 9.39. The van der Waals surface area contributed by atoms with Crippen molar-refractivity contribution >= 4 is 68.0 Å². The molecule has 0 fully saturated rings. The van der Waals surface area contributed by atoms with E-state index in [-0.39, 0.29) is 18.2 Å². The fourth-order valence-electron chi connectivity index (χ4n) is 3.51. The molecule has 9 heteroatoms. The van der Waals surface area contributed by atoms with Gasteiger partial charge in [-0.3, -0.25) is 4.79 Å². The van der Waals surface area contributed by atoms with Crippen LogP contribution in [0, 0.1) is 6.92 Å². The molecule has 168 valence electrons. The molecule has 0 bridgehead atoms. The number of aromatic nitrogens is 1. The van der Waals surface area contributed by atoms with Crippen LogP contribution in [-0.4, -0.2) is 23.5 Å². The van der Waals surface area contributed by atoms with Crippen LogP contribution in [0.3, 0.4) is 0 Å². The third kappa shape index (κ3) is 4.53. The molecule has 0 saturated heterocycles. The number of esters is 1. The molecule has 2 aromatic heterocycles. The summed E-state index contributed by atoms with van der Waals surface area (Å²) in [4.78, 5) is 31.3. The molecule has 2 heterocycles. The summed E-state index contributed by atoms with van der Waals surface area (Å²) < 4.78 is 5.29. The average Bonchev–Trinajstić information content (AvgIpc) is 3.11. The lowest BCUT2D eigenvalue weighted by atomic mass is 9.95. The van der Waals surface area contributed by atoms with Crippen molar-refractivity contribution in [2.24, 2.45) is 0 Å². The summed E-state index contributed by atoms with van der Waals surface area (Å²) in [5.74, 6) is -0.887. The maximum absolute atomic E-state index is 13.0. The number of carbonyl (C=O) groups is 2. The van der Waals surface area contributed by atoms with Gasteiger partial charge < -0.3 is 15.8 Å². The van der Waals surface area contributed by atoms with Gasteiger partial charge in [-0.2, -0.15) is 0 Å². The Labute approximate surface area is 204 Å². The van der Waals surface area contributed by atoms with E-state index in [4.69, 9.17) is 33.7 Å². The van der Waals surface area contributed by atoms with Crippen molar-refractivity contribution in [2.45, 2.75) is 13.8 Å². The Kier molecular flexibility index (Phi) is 6.56. The Hall–Kier alpha value is -3.13. The molecule has 4 aromatic rings. The quantitative estimate of drug-likeness (QED) is 0.302. The van der Waals surface area contributed by atoms with Crippen molar-refractivity contribution in [3.8, 4) is 11.1 Å². The zero-order valence-corrected chi connectivity index (χ0v) is 20.1. The molecular formula is C24H19Cl2N3O3S. The highest BCUT2D eigenvalue weighted by atomic mass is 35.5. The van der Waals surface area contributed by atoms with Crippen LogP contribution in [0.5, 0.6) is 0 Å². The summed E-state index contributed by atoms with van der Waals surface area (Å²) in [7, 11) is 0. The number of halogens is 2. The predicted octanol–water partition coefficient (Wildman–Crippen LogP) is 6.59. The molecule has 2 aromatic carbocycles. The summed E-state index contributed by atoms with van der Waals surface area (Å²) in [5, 5.41) is 4.47. The van der Waals surface area contributed by atoms with Crippen molar-refractivity contribution in [1.29, 1.82) is 0 Å². The second-order valence-electron chi connectivity index (χ2n) is 7.16. The van der Waals surface area contributed by atoms with E-state index in [2.05, 4.69) is 10.3 Å². The minimum absolute atomic E-state index is 0.213. The summed E-state index contributed by atoms with van der Waals surface area (Å²) >= 11 is 13.2. The summed E-state index contributed by atoms with van der Waals surface area (Å²) in [6, 6.07) is 13.8. The number of ether oxygens (including phenoxy) is 1. The van der Waals surface area contributed by atoms with E-state index in [9.17, 15) is 9.59 Å². The topological polar surface area (TPSA) is 94.3 Å². The molecule has 0 spiro atoms. The second-order valence-corrected chi connectivity index (χ2v) is 9.03. The minimum atomic E-state index is -0.507. The van der Waals surface area contributed by atoms with Crippen LogP contribution in [0.1, 0.15) is 32.6 Å². The van der Waals surface area contributed by atoms with Gasteiger partial charge >= 0.3 is 5.97 Å². The predicted molar refractivity (Wildman–Crippen MR) is 135 cm³/mol. The minimum Gasteiger partial charge on any atom is -0.462 e. The fourth-order valence-corrected chi connectivity index (χ4v) is 4.81. The fraction of sp³-hybridized carbons (Fsp3) is 0.125. The van der Waals surface area contributed by atoms with Crippen LogP contribution in [0.2, 0.25) is 10.0 Å². The average molecular weight is 500 g/mol. The number of hydrogen-bond donors (Lipinski definition) is 2. The molecule has 0 aliphatic heterocycles. The van der Waals surface area contributed by atoms with Gasteiger partial charge in [-0.15, -0.1) is 11.3 Å². The monoisotopic (exact) mass is 499 g/mol. The number of nitrogens with zero attached hydrogens (tertiary/aromatic N) is 1. The molecule has 4 rings (SSSR count). The van der Waals surface area contributed by atoms with Gasteiger partial charge in [-0.25, -0.2) is 9.78 Å². The lowest BCUT2D eigenvalue weighted by molar-refractivity contribution is 0.0526.